The zero-order valence-corrected chi connectivity index (χ0v) is 16.1. The van der Waals surface area contributed by atoms with E-state index in [0.717, 1.165) is 18.8 Å². The van der Waals surface area contributed by atoms with Gasteiger partial charge in [0.05, 0.1) is 5.56 Å². The number of hydrogen-bond acceptors (Lipinski definition) is 5. The molecule has 0 spiro atoms. The number of esters is 1. The van der Waals surface area contributed by atoms with Gasteiger partial charge in [0.2, 0.25) is 11.8 Å². The van der Waals surface area contributed by atoms with Gasteiger partial charge < -0.3 is 19.9 Å². The minimum absolute atomic E-state index is 0.00957. The molecule has 0 saturated carbocycles. The monoisotopic (exact) mass is 393 g/mol. The molecule has 7 heteroatoms. The number of nitrogens with one attached hydrogen (secondary N) is 1. The Morgan fingerprint density at radius 1 is 0.931 bits per heavy atom. The molecule has 0 unspecified atom stereocenters. The molecule has 0 bridgehead atoms. The molecule has 1 N–H and O–H groups in total. The van der Waals surface area contributed by atoms with E-state index >= 15 is 0 Å². The van der Waals surface area contributed by atoms with Crippen LogP contribution in [0.15, 0.2) is 48.5 Å². The van der Waals surface area contributed by atoms with Crippen molar-refractivity contribution in [2.45, 2.75) is 19.4 Å². The number of amides is 2. The number of piperazine rings is 1. The third-order valence-corrected chi connectivity index (χ3v) is 5.34. The molecule has 0 aromatic heterocycles. The number of carbonyl (C=O) groups excluding carboxylic acids is 3. The average molecular weight is 393 g/mol. The van der Waals surface area contributed by atoms with Crippen LogP contribution in [0, 0.1) is 0 Å². The van der Waals surface area contributed by atoms with Gasteiger partial charge in [-0.15, -0.1) is 0 Å². The Morgan fingerprint density at radius 3 is 2.45 bits per heavy atom. The van der Waals surface area contributed by atoms with Crippen molar-refractivity contribution in [3.8, 4) is 0 Å². The lowest BCUT2D eigenvalue weighted by Gasteiger charge is -2.36. The van der Waals surface area contributed by atoms with Crippen LogP contribution < -0.4 is 10.2 Å². The average Bonchev–Trinajstić information content (AvgIpc) is 3.15. The van der Waals surface area contributed by atoms with Crippen molar-refractivity contribution in [3.63, 3.8) is 0 Å². The smallest absolute Gasteiger partial charge is 0.338 e. The minimum Gasteiger partial charge on any atom is -0.457 e. The van der Waals surface area contributed by atoms with Gasteiger partial charge in [0.25, 0.3) is 0 Å². The van der Waals surface area contributed by atoms with Crippen LogP contribution in [0.4, 0.5) is 11.4 Å². The lowest BCUT2D eigenvalue weighted by atomic mass is 10.1. The summed E-state index contributed by atoms with van der Waals surface area (Å²) >= 11 is 0. The second kappa shape index (κ2) is 8.34. The minimum atomic E-state index is -0.374. The van der Waals surface area contributed by atoms with Gasteiger partial charge in [-0.25, -0.2) is 4.79 Å². The predicted octanol–water partition coefficient (Wildman–Crippen LogP) is 2.42. The highest BCUT2D eigenvalue weighted by Crippen LogP contribution is 2.27. The second-order valence-corrected chi connectivity index (χ2v) is 7.16. The summed E-state index contributed by atoms with van der Waals surface area (Å²) < 4.78 is 5.01. The Morgan fingerprint density at radius 2 is 1.69 bits per heavy atom. The van der Waals surface area contributed by atoms with Crippen molar-refractivity contribution >= 4 is 29.2 Å². The Balaban J connectivity index is 1.25. The second-order valence-electron chi connectivity index (χ2n) is 7.16. The van der Waals surface area contributed by atoms with E-state index in [9.17, 15) is 14.4 Å². The molecule has 4 rings (SSSR count). The number of hydrogen-bond donors (Lipinski definition) is 1. The summed E-state index contributed by atoms with van der Waals surface area (Å²) in [4.78, 5) is 40.5. The van der Waals surface area contributed by atoms with E-state index in [-0.39, 0.29) is 37.2 Å². The summed E-state index contributed by atoms with van der Waals surface area (Å²) in [5, 5.41) is 2.80. The first kappa shape index (κ1) is 19.0. The Hall–Kier alpha value is -3.35. The van der Waals surface area contributed by atoms with Crippen LogP contribution in [0.5, 0.6) is 0 Å². The van der Waals surface area contributed by atoms with Crippen LogP contribution in [-0.4, -0.2) is 48.9 Å². The molecule has 150 valence electrons. The fraction of sp³-hybridized carbons (Fsp3) is 0.318. The maximum Gasteiger partial charge on any atom is 0.338 e. The van der Waals surface area contributed by atoms with Crippen molar-refractivity contribution in [2.24, 2.45) is 0 Å². The molecule has 1 saturated heterocycles. The molecular weight excluding hydrogens is 370 g/mol. The maximum atomic E-state index is 12.5. The lowest BCUT2D eigenvalue weighted by molar-refractivity contribution is -0.133. The fourth-order valence-corrected chi connectivity index (χ4v) is 3.71. The molecule has 2 aliphatic rings. The first-order valence-electron chi connectivity index (χ1n) is 9.78. The maximum absolute atomic E-state index is 12.5. The van der Waals surface area contributed by atoms with E-state index in [2.05, 4.69) is 22.3 Å². The van der Waals surface area contributed by atoms with Gasteiger partial charge in [-0.05, 0) is 24.3 Å². The van der Waals surface area contributed by atoms with Crippen LogP contribution >= 0.6 is 0 Å². The third kappa shape index (κ3) is 4.23. The highest BCUT2D eigenvalue weighted by Gasteiger charge is 2.25. The summed E-state index contributed by atoms with van der Waals surface area (Å²) in [6.07, 6.45) is 0.276. The summed E-state index contributed by atoms with van der Waals surface area (Å²) in [7, 11) is 0. The van der Waals surface area contributed by atoms with Crippen LogP contribution in [0.25, 0.3) is 0 Å². The molecule has 0 atom stereocenters. The molecule has 2 aromatic carbocycles. The van der Waals surface area contributed by atoms with Gasteiger partial charge in [-0.3, -0.25) is 9.59 Å². The highest BCUT2D eigenvalue weighted by molar-refractivity contribution is 5.99. The zero-order chi connectivity index (χ0) is 20.2. The van der Waals surface area contributed by atoms with E-state index in [1.54, 1.807) is 18.2 Å². The van der Waals surface area contributed by atoms with E-state index in [0.29, 0.717) is 29.9 Å². The van der Waals surface area contributed by atoms with Crippen molar-refractivity contribution in [2.75, 3.05) is 36.4 Å². The summed E-state index contributed by atoms with van der Waals surface area (Å²) in [5.74, 6) is -0.625. The van der Waals surface area contributed by atoms with Gasteiger partial charge in [-0.2, -0.15) is 0 Å². The van der Waals surface area contributed by atoms with Gasteiger partial charge in [0, 0.05) is 56.0 Å². The number of para-hydroxylation sites is 1. The van der Waals surface area contributed by atoms with E-state index in [1.165, 1.54) is 0 Å². The predicted molar refractivity (Wildman–Crippen MR) is 109 cm³/mol. The molecule has 0 aliphatic carbocycles. The van der Waals surface area contributed by atoms with Crippen LogP contribution in [0.3, 0.4) is 0 Å². The lowest BCUT2D eigenvalue weighted by Crippen LogP contribution is -2.48. The van der Waals surface area contributed by atoms with Gasteiger partial charge in [0.1, 0.15) is 6.61 Å². The molecular formula is C22H23N3O4. The van der Waals surface area contributed by atoms with Crippen molar-refractivity contribution in [1.82, 2.24) is 4.90 Å². The Labute approximate surface area is 169 Å². The van der Waals surface area contributed by atoms with Crippen molar-refractivity contribution in [1.29, 1.82) is 0 Å². The number of ether oxygens (including phenoxy) is 1. The standard InChI is InChI=1S/C22H23N3O4/c26-20(23-19-8-4-7-17-18(19)15-29-22(17)28)9-10-21(27)25-13-11-24(12-14-25)16-5-2-1-3-6-16/h1-8H,9-15H2,(H,23,26). The molecule has 2 aromatic rings. The highest BCUT2D eigenvalue weighted by atomic mass is 16.5. The van der Waals surface area contributed by atoms with Gasteiger partial charge >= 0.3 is 5.97 Å². The van der Waals surface area contributed by atoms with E-state index in [4.69, 9.17) is 4.74 Å². The number of nitrogens with zero attached hydrogens (tertiary/aromatic N) is 2. The van der Waals surface area contributed by atoms with Crippen molar-refractivity contribution in [3.05, 3.63) is 59.7 Å². The largest absolute Gasteiger partial charge is 0.457 e. The summed E-state index contributed by atoms with van der Waals surface area (Å²) in [6, 6.07) is 15.3. The number of anilines is 2. The molecule has 2 aliphatic heterocycles. The number of cyclic esters (lactones) is 1. The topological polar surface area (TPSA) is 79.0 Å². The molecule has 7 nitrogen and oxygen atoms in total. The Bertz CT molecular complexity index is 921. The van der Waals surface area contributed by atoms with Crippen LogP contribution in [0.1, 0.15) is 28.8 Å². The fourth-order valence-electron chi connectivity index (χ4n) is 3.71. The van der Waals surface area contributed by atoms with Gasteiger partial charge in [-0.1, -0.05) is 24.3 Å². The normalized spacial score (nSPS) is 15.7. The number of fused-ring (bicyclic) bond motifs is 1. The van der Waals surface area contributed by atoms with Crippen LogP contribution in [0.2, 0.25) is 0 Å². The van der Waals surface area contributed by atoms with Crippen LogP contribution in [-0.2, 0) is 20.9 Å². The third-order valence-electron chi connectivity index (χ3n) is 5.34. The molecule has 2 heterocycles. The first-order chi connectivity index (χ1) is 14.1. The van der Waals surface area contributed by atoms with E-state index < -0.39 is 0 Å². The molecule has 0 radical (unpaired) electrons. The number of rotatable bonds is 5. The van der Waals surface area contributed by atoms with Gasteiger partial charge in [0.15, 0.2) is 0 Å². The Kier molecular flexibility index (Phi) is 5.46. The van der Waals surface area contributed by atoms with E-state index in [1.807, 2.05) is 23.1 Å². The summed E-state index contributed by atoms with van der Waals surface area (Å²) in [5.41, 5.74) is 2.91. The molecule has 29 heavy (non-hydrogen) atoms. The SMILES string of the molecule is O=C(CCC(=O)N1CCN(c2ccccc2)CC1)Nc1cccc2c1COC2=O. The van der Waals surface area contributed by atoms with Crippen molar-refractivity contribution < 1.29 is 19.1 Å². The zero-order valence-electron chi connectivity index (χ0n) is 16.1. The number of benzene rings is 2. The summed E-state index contributed by atoms with van der Waals surface area (Å²) in [6.45, 7) is 3.04. The number of carbonyl (C=O) groups is 3. The molecule has 1 fully saturated rings. The quantitative estimate of drug-likeness (QED) is 0.790. The first-order valence-corrected chi connectivity index (χ1v) is 9.78. The molecule has 2 amide bonds.